The molecule has 2 aromatic heterocycles. The number of halogens is 1. The fourth-order valence-corrected chi connectivity index (χ4v) is 5.28. The van der Waals surface area contributed by atoms with E-state index in [9.17, 15) is 9.18 Å². The van der Waals surface area contributed by atoms with E-state index < -0.39 is 5.76 Å². The van der Waals surface area contributed by atoms with Gasteiger partial charge in [0.2, 0.25) is 0 Å². The largest absolute Gasteiger partial charge is 0.488 e. The standard InChI is InChI=1S/C30H26FN3O3/c1-3-6-25-24(22-7-4-5-8-26(22)32-25)14-18-9-11-21-19(13-18)16-36-27-15-20(31)10-12-23(27)28(21)17(2)29-33-30(35)37-34-29/h4-5,7-13,15,32H,3,6,14,16H2,1-2H3,(H,33,34,35). The molecular formula is C30H26FN3O3. The Morgan fingerprint density at radius 2 is 1.89 bits per heavy atom. The molecule has 5 aromatic rings. The topological polar surface area (TPSA) is 83.9 Å². The van der Waals surface area contributed by atoms with Gasteiger partial charge in [-0.25, -0.2) is 9.18 Å². The molecule has 0 aliphatic carbocycles. The molecular weight excluding hydrogens is 469 g/mol. The highest BCUT2D eigenvalue weighted by atomic mass is 19.1. The van der Waals surface area contributed by atoms with Crippen LogP contribution in [-0.2, 0) is 19.4 Å². The molecule has 0 spiro atoms. The van der Waals surface area contributed by atoms with Crippen molar-refractivity contribution in [2.75, 3.05) is 0 Å². The number of H-pyrrole nitrogens is 2. The lowest BCUT2D eigenvalue weighted by Crippen LogP contribution is -2.01. The number of fused-ring (bicyclic) bond motifs is 3. The summed E-state index contributed by atoms with van der Waals surface area (Å²) < 4.78 is 25.0. The fraction of sp³-hybridized carbons (Fsp3) is 0.200. The van der Waals surface area contributed by atoms with Gasteiger partial charge < -0.3 is 9.72 Å². The number of rotatable bonds is 5. The molecule has 1 aliphatic heterocycles. The van der Waals surface area contributed by atoms with E-state index in [1.54, 1.807) is 6.07 Å². The van der Waals surface area contributed by atoms with E-state index in [0.29, 0.717) is 23.8 Å². The Hall–Kier alpha value is -4.39. The Labute approximate surface area is 212 Å². The third-order valence-corrected chi connectivity index (χ3v) is 6.99. The fourth-order valence-electron chi connectivity index (χ4n) is 5.28. The first-order valence-electron chi connectivity index (χ1n) is 12.4. The zero-order valence-corrected chi connectivity index (χ0v) is 20.7. The van der Waals surface area contributed by atoms with Crippen LogP contribution >= 0.6 is 0 Å². The molecule has 1 aliphatic rings. The van der Waals surface area contributed by atoms with Crippen LogP contribution in [-0.4, -0.2) is 15.1 Å². The number of hydrogen-bond donors (Lipinski definition) is 2. The molecule has 37 heavy (non-hydrogen) atoms. The van der Waals surface area contributed by atoms with Gasteiger partial charge in [0, 0.05) is 33.8 Å². The van der Waals surface area contributed by atoms with Gasteiger partial charge in [0.25, 0.3) is 0 Å². The minimum Gasteiger partial charge on any atom is -0.488 e. The number of para-hydroxylation sites is 1. The Morgan fingerprint density at radius 3 is 2.70 bits per heavy atom. The molecule has 6 nitrogen and oxygen atoms in total. The van der Waals surface area contributed by atoms with Gasteiger partial charge in [-0.15, -0.1) is 0 Å². The summed E-state index contributed by atoms with van der Waals surface area (Å²) in [6, 6.07) is 19.3. The molecule has 0 saturated heterocycles. The molecule has 2 N–H and O–H groups in total. The summed E-state index contributed by atoms with van der Waals surface area (Å²) >= 11 is 0. The van der Waals surface area contributed by atoms with Gasteiger partial charge in [-0.05, 0) is 65.8 Å². The van der Waals surface area contributed by atoms with E-state index in [4.69, 9.17) is 9.26 Å². The maximum absolute atomic E-state index is 14.1. The number of benzene rings is 3. The van der Waals surface area contributed by atoms with Crippen LogP contribution < -0.4 is 10.5 Å². The molecule has 0 radical (unpaired) electrons. The summed E-state index contributed by atoms with van der Waals surface area (Å²) in [5.41, 5.74) is 9.07. The minimum atomic E-state index is -0.628. The average Bonchev–Trinajstić information content (AvgIpc) is 3.44. The van der Waals surface area contributed by atoms with Gasteiger partial charge in [0.1, 0.15) is 18.2 Å². The number of allylic oxidation sites excluding steroid dienone is 1. The highest BCUT2D eigenvalue weighted by molar-refractivity contribution is 5.99. The predicted molar refractivity (Wildman–Crippen MR) is 141 cm³/mol. The lowest BCUT2D eigenvalue weighted by atomic mass is 9.88. The van der Waals surface area contributed by atoms with Crippen molar-refractivity contribution in [2.45, 2.75) is 39.7 Å². The van der Waals surface area contributed by atoms with Crippen molar-refractivity contribution in [2.24, 2.45) is 0 Å². The summed E-state index contributed by atoms with van der Waals surface area (Å²) in [5, 5.41) is 5.13. The van der Waals surface area contributed by atoms with Crippen LogP contribution in [0.5, 0.6) is 5.75 Å². The second-order valence-electron chi connectivity index (χ2n) is 9.42. The van der Waals surface area contributed by atoms with Crippen molar-refractivity contribution in [3.8, 4) is 5.75 Å². The number of ether oxygens (including phenoxy) is 1. The van der Waals surface area contributed by atoms with Crippen molar-refractivity contribution >= 4 is 22.0 Å². The van der Waals surface area contributed by atoms with Gasteiger partial charge >= 0.3 is 5.76 Å². The quantitative estimate of drug-likeness (QED) is 0.296. The van der Waals surface area contributed by atoms with Crippen LogP contribution in [0.2, 0.25) is 0 Å². The second-order valence-corrected chi connectivity index (χ2v) is 9.42. The first-order valence-corrected chi connectivity index (χ1v) is 12.4. The summed E-state index contributed by atoms with van der Waals surface area (Å²) in [6.45, 7) is 4.34. The van der Waals surface area contributed by atoms with Crippen molar-refractivity contribution in [1.29, 1.82) is 0 Å². The monoisotopic (exact) mass is 495 g/mol. The average molecular weight is 496 g/mol. The lowest BCUT2D eigenvalue weighted by Gasteiger charge is -2.14. The van der Waals surface area contributed by atoms with Gasteiger partial charge in [0.15, 0.2) is 5.82 Å². The normalized spacial score (nSPS) is 14.1. The molecule has 186 valence electrons. The minimum absolute atomic E-state index is 0.293. The van der Waals surface area contributed by atoms with Crippen molar-refractivity contribution in [3.63, 3.8) is 0 Å². The van der Waals surface area contributed by atoms with E-state index in [1.807, 2.05) is 6.92 Å². The zero-order chi connectivity index (χ0) is 25.5. The molecule has 3 aromatic carbocycles. The number of hydrogen-bond acceptors (Lipinski definition) is 4. The Bertz CT molecular complexity index is 1720. The Kier molecular flexibility index (Phi) is 5.75. The number of nitrogens with zero attached hydrogens (tertiary/aromatic N) is 1. The van der Waals surface area contributed by atoms with E-state index in [1.165, 1.54) is 28.8 Å². The molecule has 6 rings (SSSR count). The molecule has 3 heterocycles. The lowest BCUT2D eigenvalue weighted by molar-refractivity contribution is 0.305. The number of nitrogens with one attached hydrogen (secondary N) is 2. The van der Waals surface area contributed by atoms with Crippen molar-refractivity contribution in [1.82, 2.24) is 15.1 Å². The number of aromatic nitrogens is 3. The van der Waals surface area contributed by atoms with Gasteiger partial charge in [-0.1, -0.05) is 54.9 Å². The third-order valence-electron chi connectivity index (χ3n) is 6.99. The first-order chi connectivity index (χ1) is 18.0. The van der Waals surface area contributed by atoms with Crippen molar-refractivity contribution < 1.29 is 13.7 Å². The van der Waals surface area contributed by atoms with E-state index in [-0.39, 0.29) is 5.82 Å². The highest BCUT2D eigenvalue weighted by Gasteiger charge is 2.24. The predicted octanol–water partition coefficient (Wildman–Crippen LogP) is 6.40. The molecule has 0 bridgehead atoms. The molecule has 0 atom stereocenters. The maximum Gasteiger partial charge on any atom is 0.439 e. The molecule has 7 heteroatoms. The Balaban J connectivity index is 1.48. The second kappa shape index (κ2) is 9.24. The third kappa shape index (κ3) is 4.16. The molecule has 0 fully saturated rings. The van der Waals surface area contributed by atoms with E-state index >= 15 is 0 Å². The van der Waals surface area contributed by atoms with Crippen LogP contribution in [0, 0.1) is 5.82 Å². The molecule has 0 saturated carbocycles. The van der Waals surface area contributed by atoms with Crippen LogP contribution in [0.25, 0.3) is 22.0 Å². The van der Waals surface area contributed by atoms with Crippen LogP contribution in [0.3, 0.4) is 0 Å². The molecule has 0 unspecified atom stereocenters. The SMILES string of the molecule is CCCc1[nH]c2ccccc2c1Cc1ccc2c(c1)COc1cc(F)ccc1C2=C(C)c1noc(=O)[nH]1. The summed E-state index contributed by atoms with van der Waals surface area (Å²) in [6.07, 6.45) is 2.83. The smallest absolute Gasteiger partial charge is 0.439 e. The molecule has 0 amide bonds. The number of aryl methyl sites for hydroxylation is 1. The van der Waals surface area contributed by atoms with Gasteiger partial charge in [0.05, 0.1) is 0 Å². The van der Waals surface area contributed by atoms with E-state index in [2.05, 4.69) is 64.5 Å². The first kappa shape index (κ1) is 23.0. The van der Waals surface area contributed by atoms with Gasteiger partial charge in [-0.3, -0.25) is 9.51 Å². The maximum atomic E-state index is 14.1. The summed E-state index contributed by atoms with van der Waals surface area (Å²) in [5.74, 6) is -0.230. The van der Waals surface area contributed by atoms with Crippen LogP contribution in [0.15, 0.2) is 70.0 Å². The number of aromatic amines is 2. The van der Waals surface area contributed by atoms with Gasteiger partial charge in [-0.2, -0.15) is 0 Å². The Morgan fingerprint density at radius 1 is 1.05 bits per heavy atom. The summed E-state index contributed by atoms with van der Waals surface area (Å²) in [4.78, 5) is 17.9. The van der Waals surface area contributed by atoms with E-state index in [0.717, 1.165) is 52.6 Å². The highest BCUT2D eigenvalue weighted by Crippen LogP contribution is 2.41. The van der Waals surface area contributed by atoms with Crippen LogP contribution in [0.4, 0.5) is 4.39 Å². The van der Waals surface area contributed by atoms with Crippen molar-refractivity contribution in [3.05, 3.63) is 116 Å². The van der Waals surface area contributed by atoms with Crippen LogP contribution in [0.1, 0.15) is 59.6 Å². The zero-order valence-electron chi connectivity index (χ0n) is 20.7. The summed E-state index contributed by atoms with van der Waals surface area (Å²) in [7, 11) is 0.